The van der Waals surface area contributed by atoms with Gasteiger partial charge in [0.15, 0.2) is 17.3 Å². The van der Waals surface area contributed by atoms with E-state index in [4.69, 9.17) is 5.73 Å². The van der Waals surface area contributed by atoms with Crippen LogP contribution in [0.25, 0.3) is 0 Å². The number of piperidine rings is 1. The van der Waals surface area contributed by atoms with Gasteiger partial charge in [0.05, 0.1) is 23.8 Å². The number of carbonyl (C=O) groups excluding carboxylic acids is 1. The molecule has 1 amide bonds. The maximum absolute atomic E-state index is 15.1. The van der Waals surface area contributed by atoms with Crippen molar-refractivity contribution in [2.75, 3.05) is 35.2 Å². The molecule has 13 heteroatoms. The SMILES string of the molecule is CC(=O)N1CC(F)(F)c2c(Sc3nc(C#N)c(N4CCC5(CC4)Cc4ccccc4[C@H]5N[S@+]([O-])C(C)(C)C)nc3N)cccc21. The standard InChI is InChI=1S/C32H35F2N7O2S2/c1-19(42)41-18-32(33,34)25-23(41)10-7-11-24(25)44-29-27(36)38-28(22(17-35)37-29)40-14-12-31(13-15-40)16-20-8-5-6-9-21(20)26(31)39-45(43)30(2,3)4/h5-11,26,39H,12-16,18H2,1-4H3,(H2,36,38)/t26-,45-/m1/s1. The number of alkyl halides is 2. The van der Waals surface area contributed by atoms with Crippen LogP contribution in [0.5, 0.6) is 0 Å². The molecule has 2 aliphatic heterocycles. The first-order chi connectivity index (χ1) is 21.2. The molecule has 1 spiro atoms. The van der Waals surface area contributed by atoms with Gasteiger partial charge < -0.3 is 20.1 Å². The molecule has 1 fully saturated rings. The zero-order valence-electron chi connectivity index (χ0n) is 25.6. The number of benzene rings is 2. The predicted molar refractivity (Wildman–Crippen MR) is 171 cm³/mol. The van der Waals surface area contributed by atoms with E-state index in [1.807, 2.05) is 37.8 Å². The minimum Gasteiger partial charge on any atom is -0.598 e. The molecule has 1 aromatic heterocycles. The smallest absolute Gasteiger partial charge is 0.293 e. The number of nitrogens with zero attached hydrogens (tertiary/aromatic N) is 5. The zero-order valence-corrected chi connectivity index (χ0v) is 27.2. The first-order valence-electron chi connectivity index (χ1n) is 14.8. The highest BCUT2D eigenvalue weighted by molar-refractivity contribution is 7.99. The number of aromatic nitrogens is 2. The van der Waals surface area contributed by atoms with Crippen molar-refractivity contribution >= 4 is 46.4 Å². The van der Waals surface area contributed by atoms with Crippen LogP contribution < -0.4 is 20.3 Å². The Balaban J connectivity index is 1.25. The van der Waals surface area contributed by atoms with Crippen molar-refractivity contribution in [3.63, 3.8) is 0 Å². The maximum atomic E-state index is 15.1. The molecule has 236 valence electrons. The number of amides is 1. The van der Waals surface area contributed by atoms with Crippen LogP contribution >= 0.6 is 11.8 Å². The Bertz CT molecular complexity index is 1700. The monoisotopic (exact) mass is 651 g/mol. The number of nitrogens with two attached hydrogens (primary N) is 1. The van der Waals surface area contributed by atoms with Crippen LogP contribution in [-0.2, 0) is 28.5 Å². The van der Waals surface area contributed by atoms with Crippen LogP contribution in [0.3, 0.4) is 0 Å². The van der Waals surface area contributed by atoms with Gasteiger partial charge in [-0.2, -0.15) is 14.0 Å². The van der Waals surface area contributed by atoms with Crippen LogP contribution in [0.4, 0.5) is 26.1 Å². The second kappa shape index (κ2) is 11.4. The van der Waals surface area contributed by atoms with Gasteiger partial charge in [-0.25, -0.2) is 9.97 Å². The Labute approximate surface area is 268 Å². The molecule has 9 nitrogen and oxygen atoms in total. The number of fused-ring (bicyclic) bond motifs is 2. The summed E-state index contributed by atoms with van der Waals surface area (Å²) in [5.74, 6) is -3.33. The Hall–Kier alpha value is -3.44. The van der Waals surface area contributed by atoms with Crippen molar-refractivity contribution in [1.82, 2.24) is 14.7 Å². The largest absolute Gasteiger partial charge is 0.598 e. The fourth-order valence-corrected chi connectivity index (χ4v) is 8.57. The Morgan fingerprint density at radius 2 is 1.89 bits per heavy atom. The minimum absolute atomic E-state index is 0.0324. The van der Waals surface area contributed by atoms with Crippen molar-refractivity contribution in [3.8, 4) is 6.07 Å². The molecule has 0 unspecified atom stereocenters. The Kier molecular flexibility index (Phi) is 8.00. The van der Waals surface area contributed by atoms with Crippen LogP contribution in [0.15, 0.2) is 52.4 Å². The van der Waals surface area contributed by atoms with E-state index in [0.29, 0.717) is 18.9 Å². The summed E-state index contributed by atoms with van der Waals surface area (Å²) in [5.41, 5.74) is 8.57. The number of carbonyl (C=O) groups is 1. The highest BCUT2D eigenvalue weighted by Gasteiger charge is 2.51. The van der Waals surface area contributed by atoms with E-state index in [9.17, 15) is 14.6 Å². The molecule has 3 N–H and O–H groups in total. The fourth-order valence-electron chi connectivity index (χ4n) is 6.63. The van der Waals surface area contributed by atoms with Gasteiger partial charge >= 0.3 is 0 Å². The molecule has 1 aliphatic carbocycles. The summed E-state index contributed by atoms with van der Waals surface area (Å²) in [7, 11) is 0. The average molecular weight is 652 g/mol. The third kappa shape index (κ3) is 5.62. The number of hydrogen-bond donors (Lipinski definition) is 2. The van der Waals surface area contributed by atoms with Crippen molar-refractivity contribution in [2.45, 2.75) is 73.6 Å². The molecule has 0 radical (unpaired) electrons. The van der Waals surface area contributed by atoms with Crippen LogP contribution in [0, 0.1) is 16.7 Å². The number of halogens is 2. The summed E-state index contributed by atoms with van der Waals surface area (Å²) in [4.78, 5) is 24.3. The Morgan fingerprint density at radius 3 is 2.56 bits per heavy atom. The van der Waals surface area contributed by atoms with E-state index in [2.05, 4.69) is 32.9 Å². The number of nitriles is 1. The quantitative estimate of drug-likeness (QED) is 0.344. The second-order valence-electron chi connectivity index (χ2n) is 12.9. The van der Waals surface area contributed by atoms with Crippen molar-refractivity contribution in [3.05, 3.63) is 64.8 Å². The highest BCUT2D eigenvalue weighted by atomic mass is 32.2. The van der Waals surface area contributed by atoms with Crippen LogP contribution in [-0.4, -0.2) is 44.8 Å². The third-order valence-electron chi connectivity index (χ3n) is 8.94. The third-order valence-corrected chi connectivity index (χ3v) is 11.6. The molecular weight excluding hydrogens is 617 g/mol. The lowest BCUT2D eigenvalue weighted by atomic mass is 9.73. The normalized spacial score (nSPS) is 20.5. The van der Waals surface area contributed by atoms with E-state index in [-0.39, 0.29) is 44.1 Å². The van der Waals surface area contributed by atoms with Gasteiger partial charge in [-0.15, -0.1) is 4.72 Å². The molecule has 2 atom stereocenters. The molecule has 6 rings (SSSR count). The number of nitrogens with one attached hydrogen (secondary N) is 1. The molecule has 1 saturated heterocycles. The van der Waals surface area contributed by atoms with Gasteiger partial charge in [0, 0.05) is 41.7 Å². The van der Waals surface area contributed by atoms with Gasteiger partial charge in [0.1, 0.15) is 15.8 Å². The number of rotatable bonds is 5. The lowest BCUT2D eigenvalue weighted by Gasteiger charge is -2.44. The summed E-state index contributed by atoms with van der Waals surface area (Å²) < 4.78 is 46.4. The van der Waals surface area contributed by atoms with Crippen LogP contribution in [0.1, 0.15) is 69.0 Å². The Morgan fingerprint density at radius 1 is 1.18 bits per heavy atom. The second-order valence-corrected chi connectivity index (χ2v) is 15.9. The summed E-state index contributed by atoms with van der Waals surface area (Å²) in [6, 6.07) is 15.0. The van der Waals surface area contributed by atoms with Crippen molar-refractivity contribution in [1.29, 1.82) is 5.26 Å². The van der Waals surface area contributed by atoms with Gasteiger partial charge in [-0.05, 0) is 63.3 Å². The number of anilines is 3. The summed E-state index contributed by atoms with van der Waals surface area (Å²) in [6.45, 7) is 7.56. The highest BCUT2D eigenvalue weighted by Crippen LogP contribution is 2.53. The molecule has 0 bridgehead atoms. The molecule has 2 aromatic carbocycles. The topological polar surface area (TPSA) is 134 Å². The summed E-state index contributed by atoms with van der Waals surface area (Å²) in [6.07, 6.45) is 2.39. The van der Waals surface area contributed by atoms with Crippen molar-refractivity contribution in [2.24, 2.45) is 5.41 Å². The van der Waals surface area contributed by atoms with E-state index in [1.165, 1.54) is 30.2 Å². The lowest BCUT2D eigenvalue weighted by Crippen LogP contribution is -2.50. The fraction of sp³-hybridized carbons (Fsp3) is 0.438. The first kappa shape index (κ1) is 31.5. The lowest BCUT2D eigenvalue weighted by molar-refractivity contribution is -0.117. The average Bonchev–Trinajstić information content (AvgIpc) is 3.45. The molecule has 3 aromatic rings. The summed E-state index contributed by atoms with van der Waals surface area (Å²) in [5, 5.41) is 10.2. The molecule has 45 heavy (non-hydrogen) atoms. The van der Waals surface area contributed by atoms with Gasteiger partial charge in [0.2, 0.25) is 5.91 Å². The minimum atomic E-state index is -3.25. The van der Waals surface area contributed by atoms with Crippen molar-refractivity contribution < 1.29 is 18.1 Å². The molecular formula is C32H35F2N7O2S2. The number of hydrogen-bond acceptors (Lipinski definition) is 9. The predicted octanol–water partition coefficient (Wildman–Crippen LogP) is 5.48. The van der Waals surface area contributed by atoms with Gasteiger partial charge in [0.25, 0.3) is 5.92 Å². The van der Waals surface area contributed by atoms with E-state index < -0.39 is 34.5 Å². The van der Waals surface area contributed by atoms with E-state index in [1.54, 1.807) is 6.07 Å². The van der Waals surface area contributed by atoms with Crippen LogP contribution in [0.2, 0.25) is 0 Å². The van der Waals surface area contributed by atoms with Gasteiger partial charge in [-0.3, -0.25) is 4.79 Å². The maximum Gasteiger partial charge on any atom is 0.293 e. The van der Waals surface area contributed by atoms with Gasteiger partial charge in [-0.1, -0.05) is 42.1 Å². The molecule has 3 aliphatic rings. The number of nitrogen functional groups attached to an aromatic ring is 1. The summed E-state index contributed by atoms with van der Waals surface area (Å²) >= 11 is -0.345. The molecule has 0 saturated carbocycles. The zero-order chi connectivity index (χ0) is 32.3. The van der Waals surface area contributed by atoms with E-state index in [0.717, 1.165) is 35.9 Å². The van der Waals surface area contributed by atoms with E-state index >= 15 is 8.78 Å². The first-order valence-corrected chi connectivity index (χ1v) is 16.8. The molecule has 3 heterocycles.